The molecule has 128 valence electrons. The van der Waals surface area contributed by atoms with Crippen molar-refractivity contribution < 1.29 is 4.79 Å². The van der Waals surface area contributed by atoms with E-state index in [1.54, 1.807) is 11.3 Å². The summed E-state index contributed by atoms with van der Waals surface area (Å²) in [6.07, 6.45) is 1.98. The van der Waals surface area contributed by atoms with Crippen LogP contribution in [-0.4, -0.2) is 60.0 Å². The summed E-state index contributed by atoms with van der Waals surface area (Å²) in [6.45, 7) is 6.47. The molecule has 1 amide bonds. The number of hydrogen-bond acceptors (Lipinski definition) is 5. The first kappa shape index (κ1) is 16.0. The van der Waals surface area contributed by atoms with Crippen LogP contribution in [0.25, 0.3) is 10.2 Å². The van der Waals surface area contributed by atoms with Crippen molar-refractivity contribution in [2.75, 3.05) is 39.3 Å². The number of hydrogen-bond donors (Lipinski definition) is 1. The number of nitrogens with one attached hydrogen (secondary N) is 1. The number of piperazine rings is 1. The molecule has 2 aliphatic rings. The van der Waals surface area contributed by atoms with Gasteiger partial charge >= 0.3 is 0 Å². The first-order chi connectivity index (χ1) is 11.8. The van der Waals surface area contributed by atoms with Crippen molar-refractivity contribution in [3.63, 3.8) is 0 Å². The summed E-state index contributed by atoms with van der Waals surface area (Å²) in [5, 5.41) is 4.51. The Labute approximate surface area is 146 Å². The minimum atomic E-state index is 0.238. The van der Waals surface area contributed by atoms with Gasteiger partial charge in [0.2, 0.25) is 5.91 Å². The number of para-hydroxylation sites is 1. The van der Waals surface area contributed by atoms with Gasteiger partial charge in [-0.05, 0) is 38.1 Å². The molecule has 0 atom stereocenters. The lowest BCUT2D eigenvalue weighted by Gasteiger charge is -2.36. The molecule has 6 heteroatoms. The molecule has 0 saturated carbocycles. The van der Waals surface area contributed by atoms with E-state index in [1.165, 1.54) is 9.71 Å². The van der Waals surface area contributed by atoms with Crippen molar-refractivity contribution >= 4 is 27.5 Å². The Kier molecular flexibility index (Phi) is 4.78. The van der Waals surface area contributed by atoms with Crippen LogP contribution < -0.4 is 5.32 Å². The van der Waals surface area contributed by atoms with Crippen LogP contribution in [0.3, 0.4) is 0 Å². The molecule has 1 N–H and O–H groups in total. The van der Waals surface area contributed by atoms with Gasteiger partial charge in [-0.2, -0.15) is 0 Å². The Bertz CT molecular complexity index is 669. The fourth-order valence-electron chi connectivity index (χ4n) is 3.63. The lowest BCUT2D eigenvalue weighted by Crippen LogP contribution is -2.51. The van der Waals surface area contributed by atoms with E-state index in [-0.39, 0.29) is 5.92 Å². The number of fused-ring (bicyclic) bond motifs is 1. The van der Waals surface area contributed by atoms with Crippen molar-refractivity contribution in [3.05, 3.63) is 29.3 Å². The second-order valence-electron chi connectivity index (χ2n) is 6.70. The number of carbonyl (C=O) groups is 1. The number of benzene rings is 1. The van der Waals surface area contributed by atoms with E-state index in [2.05, 4.69) is 33.3 Å². The molecule has 3 heterocycles. The van der Waals surface area contributed by atoms with E-state index in [9.17, 15) is 4.79 Å². The van der Waals surface area contributed by atoms with Gasteiger partial charge in [-0.25, -0.2) is 4.98 Å². The Morgan fingerprint density at radius 3 is 2.67 bits per heavy atom. The van der Waals surface area contributed by atoms with Crippen molar-refractivity contribution in [2.45, 2.75) is 19.4 Å². The van der Waals surface area contributed by atoms with Crippen LogP contribution in [0, 0.1) is 5.92 Å². The highest BCUT2D eigenvalue weighted by Crippen LogP contribution is 2.23. The van der Waals surface area contributed by atoms with Crippen molar-refractivity contribution in [2.24, 2.45) is 5.92 Å². The normalized spacial score (nSPS) is 20.6. The summed E-state index contributed by atoms with van der Waals surface area (Å²) in [5.41, 5.74) is 1.09. The summed E-state index contributed by atoms with van der Waals surface area (Å²) in [7, 11) is 0. The molecule has 5 nitrogen and oxygen atoms in total. The average Bonchev–Trinajstić information content (AvgIpc) is 3.05. The first-order valence-electron chi connectivity index (χ1n) is 8.86. The lowest BCUT2D eigenvalue weighted by molar-refractivity contribution is -0.138. The predicted octanol–water partition coefficient (Wildman–Crippen LogP) is 1.94. The molecule has 1 aromatic heterocycles. The largest absolute Gasteiger partial charge is 0.340 e. The Morgan fingerprint density at radius 1 is 1.17 bits per heavy atom. The molecular weight excluding hydrogens is 320 g/mol. The predicted molar refractivity (Wildman–Crippen MR) is 97.1 cm³/mol. The fourth-order valence-corrected chi connectivity index (χ4v) is 4.64. The summed E-state index contributed by atoms with van der Waals surface area (Å²) in [6, 6.07) is 8.31. The molecule has 2 fully saturated rings. The molecule has 4 rings (SSSR count). The van der Waals surface area contributed by atoms with Gasteiger partial charge in [0, 0.05) is 32.1 Å². The molecule has 0 aliphatic carbocycles. The highest BCUT2D eigenvalue weighted by atomic mass is 32.1. The highest BCUT2D eigenvalue weighted by Gasteiger charge is 2.28. The Morgan fingerprint density at radius 2 is 1.92 bits per heavy atom. The zero-order chi connectivity index (χ0) is 16.4. The number of rotatable bonds is 3. The monoisotopic (exact) mass is 344 g/mol. The Hall–Kier alpha value is -1.50. The van der Waals surface area contributed by atoms with Crippen LogP contribution in [0.4, 0.5) is 0 Å². The molecule has 0 spiro atoms. The standard InChI is InChI=1S/C18H24N4OS/c23-18(14-5-7-19-8-6-14)22-11-9-21(10-12-22)13-17-20-15-3-1-2-4-16(15)24-17/h1-4,14,19H,5-13H2. The van der Waals surface area contributed by atoms with E-state index < -0.39 is 0 Å². The molecule has 0 radical (unpaired) electrons. The number of amides is 1. The van der Waals surface area contributed by atoms with Crippen LogP contribution >= 0.6 is 11.3 Å². The molecular formula is C18H24N4OS. The van der Waals surface area contributed by atoms with Crippen molar-refractivity contribution in [3.8, 4) is 0 Å². The third-order valence-electron chi connectivity index (χ3n) is 5.07. The quantitative estimate of drug-likeness (QED) is 0.924. The Balaban J connectivity index is 1.31. The minimum absolute atomic E-state index is 0.238. The second-order valence-corrected chi connectivity index (χ2v) is 7.82. The number of aromatic nitrogens is 1. The van der Waals surface area contributed by atoms with Crippen molar-refractivity contribution in [1.29, 1.82) is 0 Å². The maximum absolute atomic E-state index is 12.6. The molecule has 0 unspecified atom stereocenters. The fraction of sp³-hybridized carbons (Fsp3) is 0.556. The van der Waals surface area contributed by atoms with Crippen LogP contribution in [0.2, 0.25) is 0 Å². The maximum atomic E-state index is 12.6. The third-order valence-corrected chi connectivity index (χ3v) is 6.09. The van der Waals surface area contributed by atoms with E-state index in [0.717, 1.165) is 64.2 Å². The zero-order valence-electron chi connectivity index (χ0n) is 13.9. The van der Waals surface area contributed by atoms with E-state index >= 15 is 0 Å². The molecule has 1 aromatic carbocycles. The maximum Gasteiger partial charge on any atom is 0.225 e. The summed E-state index contributed by atoms with van der Waals surface area (Å²) in [4.78, 5) is 21.8. The first-order valence-corrected chi connectivity index (χ1v) is 9.67. The number of nitrogens with zero attached hydrogens (tertiary/aromatic N) is 3. The topological polar surface area (TPSA) is 48.5 Å². The molecule has 24 heavy (non-hydrogen) atoms. The third kappa shape index (κ3) is 3.45. The molecule has 2 aromatic rings. The summed E-state index contributed by atoms with van der Waals surface area (Å²) in [5.74, 6) is 0.609. The smallest absolute Gasteiger partial charge is 0.225 e. The number of carbonyl (C=O) groups excluding carboxylic acids is 1. The lowest BCUT2D eigenvalue weighted by atomic mass is 9.96. The van der Waals surface area contributed by atoms with Gasteiger partial charge in [0.25, 0.3) is 0 Å². The van der Waals surface area contributed by atoms with E-state index in [4.69, 9.17) is 4.98 Å². The summed E-state index contributed by atoms with van der Waals surface area (Å²) >= 11 is 1.78. The van der Waals surface area contributed by atoms with Crippen LogP contribution in [0.5, 0.6) is 0 Å². The highest BCUT2D eigenvalue weighted by molar-refractivity contribution is 7.18. The van der Waals surface area contributed by atoms with Gasteiger partial charge in [0.1, 0.15) is 5.01 Å². The molecule has 2 aliphatic heterocycles. The molecule has 2 saturated heterocycles. The van der Waals surface area contributed by atoms with Gasteiger partial charge < -0.3 is 10.2 Å². The van der Waals surface area contributed by atoms with Gasteiger partial charge in [0.15, 0.2) is 0 Å². The number of piperidine rings is 1. The van der Waals surface area contributed by atoms with Gasteiger partial charge in [-0.3, -0.25) is 9.69 Å². The van der Waals surface area contributed by atoms with E-state index in [1.807, 2.05) is 6.07 Å². The summed E-state index contributed by atoms with van der Waals surface area (Å²) < 4.78 is 1.26. The van der Waals surface area contributed by atoms with Crippen LogP contribution in [0.15, 0.2) is 24.3 Å². The average molecular weight is 344 g/mol. The minimum Gasteiger partial charge on any atom is -0.340 e. The molecule has 0 bridgehead atoms. The van der Waals surface area contributed by atoms with Gasteiger partial charge in [-0.15, -0.1) is 11.3 Å². The van der Waals surface area contributed by atoms with E-state index in [0.29, 0.717) is 5.91 Å². The van der Waals surface area contributed by atoms with Gasteiger partial charge in [-0.1, -0.05) is 12.1 Å². The van der Waals surface area contributed by atoms with Crippen molar-refractivity contribution in [1.82, 2.24) is 20.1 Å². The number of thiazole rings is 1. The van der Waals surface area contributed by atoms with Crippen LogP contribution in [-0.2, 0) is 11.3 Å². The SMILES string of the molecule is O=C(C1CCNCC1)N1CCN(Cc2nc3ccccc3s2)CC1. The van der Waals surface area contributed by atoms with Crippen LogP contribution in [0.1, 0.15) is 17.8 Å². The van der Waals surface area contributed by atoms with Gasteiger partial charge in [0.05, 0.1) is 16.8 Å². The zero-order valence-corrected chi connectivity index (χ0v) is 14.7. The second kappa shape index (κ2) is 7.17.